The lowest BCUT2D eigenvalue weighted by atomic mass is 9.80. The largest absolute Gasteiger partial charge is 0.383 e. The van der Waals surface area contributed by atoms with Crippen molar-refractivity contribution >= 4 is 17.4 Å². The summed E-state index contributed by atoms with van der Waals surface area (Å²) < 4.78 is 6.66. The number of ether oxygens (including phenoxy) is 1. The summed E-state index contributed by atoms with van der Waals surface area (Å²) in [5.41, 5.74) is 5.89. The molecule has 0 unspecified atom stereocenters. The fraction of sp³-hybridized carbons (Fsp3) is 0.692. The van der Waals surface area contributed by atoms with Crippen LogP contribution in [0.1, 0.15) is 36.2 Å². The van der Waals surface area contributed by atoms with Crippen LogP contribution in [0.2, 0.25) is 5.02 Å². The molecule has 0 aromatic carbocycles. The first-order valence-corrected chi connectivity index (χ1v) is 6.97. The lowest BCUT2D eigenvalue weighted by Crippen LogP contribution is -2.37. The molecule has 0 bridgehead atoms. The SMILES string of the molecule is COCCn1ncc(Cl)c1C(=O)C1(CN)CCCC1. The van der Waals surface area contributed by atoms with Crippen LogP contribution in [0.25, 0.3) is 0 Å². The maximum Gasteiger partial charge on any atom is 0.189 e. The van der Waals surface area contributed by atoms with Gasteiger partial charge in [-0.25, -0.2) is 0 Å². The van der Waals surface area contributed by atoms with Crippen LogP contribution < -0.4 is 5.73 Å². The fourth-order valence-corrected chi connectivity index (χ4v) is 2.99. The number of hydrogen-bond donors (Lipinski definition) is 1. The van der Waals surface area contributed by atoms with Gasteiger partial charge in [-0.15, -0.1) is 0 Å². The minimum absolute atomic E-state index is 0.0334. The predicted molar refractivity (Wildman–Crippen MR) is 73.4 cm³/mol. The molecular weight excluding hydrogens is 266 g/mol. The smallest absolute Gasteiger partial charge is 0.189 e. The van der Waals surface area contributed by atoms with E-state index in [2.05, 4.69) is 5.10 Å². The molecule has 5 nitrogen and oxygen atoms in total. The number of hydrogen-bond acceptors (Lipinski definition) is 4. The zero-order valence-electron chi connectivity index (χ0n) is 11.2. The lowest BCUT2D eigenvalue weighted by Gasteiger charge is -2.25. The first-order valence-electron chi connectivity index (χ1n) is 6.60. The topological polar surface area (TPSA) is 70.1 Å². The van der Waals surface area contributed by atoms with Gasteiger partial charge in [-0.05, 0) is 12.8 Å². The van der Waals surface area contributed by atoms with Gasteiger partial charge in [0.15, 0.2) is 5.78 Å². The third-order valence-corrected chi connectivity index (χ3v) is 4.23. The van der Waals surface area contributed by atoms with E-state index in [0.29, 0.717) is 30.4 Å². The van der Waals surface area contributed by atoms with Crippen LogP contribution in [0.5, 0.6) is 0 Å². The molecule has 2 rings (SSSR count). The number of Topliss-reactive ketones (excluding diaryl/α,β-unsaturated/α-hetero) is 1. The van der Waals surface area contributed by atoms with Crippen LogP contribution in [0.4, 0.5) is 0 Å². The molecule has 1 aliphatic carbocycles. The maximum atomic E-state index is 12.8. The van der Waals surface area contributed by atoms with Crippen molar-refractivity contribution < 1.29 is 9.53 Å². The van der Waals surface area contributed by atoms with Crippen molar-refractivity contribution in [2.45, 2.75) is 32.2 Å². The Labute approximate surface area is 118 Å². The van der Waals surface area contributed by atoms with E-state index in [0.717, 1.165) is 25.7 Å². The van der Waals surface area contributed by atoms with Crippen LogP contribution in [-0.4, -0.2) is 35.8 Å². The molecule has 0 amide bonds. The van der Waals surface area contributed by atoms with Gasteiger partial charge in [0, 0.05) is 19.1 Å². The van der Waals surface area contributed by atoms with Gasteiger partial charge in [-0.3, -0.25) is 9.48 Å². The summed E-state index contributed by atoms with van der Waals surface area (Å²) in [6, 6.07) is 0. The number of nitrogens with zero attached hydrogens (tertiary/aromatic N) is 2. The Morgan fingerprint density at radius 1 is 1.58 bits per heavy atom. The number of nitrogens with two attached hydrogens (primary N) is 1. The summed E-state index contributed by atoms with van der Waals surface area (Å²) in [5, 5.41) is 4.56. The first-order chi connectivity index (χ1) is 9.14. The molecule has 1 aliphatic rings. The predicted octanol–water partition coefficient (Wildman–Crippen LogP) is 1.88. The molecule has 6 heteroatoms. The first kappa shape index (κ1) is 14.5. The van der Waals surface area contributed by atoms with Gasteiger partial charge >= 0.3 is 0 Å². The molecule has 106 valence electrons. The van der Waals surface area contributed by atoms with Crippen LogP contribution in [0, 0.1) is 5.41 Å². The Kier molecular flexibility index (Phi) is 4.60. The van der Waals surface area contributed by atoms with Crippen molar-refractivity contribution in [3.63, 3.8) is 0 Å². The second-order valence-corrected chi connectivity index (χ2v) is 5.48. The van der Waals surface area contributed by atoms with E-state index in [1.54, 1.807) is 11.8 Å². The quantitative estimate of drug-likeness (QED) is 0.810. The van der Waals surface area contributed by atoms with Gasteiger partial charge in [0.25, 0.3) is 0 Å². The summed E-state index contributed by atoms with van der Waals surface area (Å²) in [7, 11) is 1.62. The minimum atomic E-state index is -0.450. The van der Waals surface area contributed by atoms with Crippen molar-refractivity contribution in [1.29, 1.82) is 0 Å². The van der Waals surface area contributed by atoms with Crippen molar-refractivity contribution in [3.05, 3.63) is 16.9 Å². The molecule has 1 saturated carbocycles. The lowest BCUT2D eigenvalue weighted by molar-refractivity contribution is 0.0794. The molecule has 2 N–H and O–H groups in total. The normalized spacial score (nSPS) is 17.8. The average molecular weight is 286 g/mol. The molecule has 0 aliphatic heterocycles. The van der Waals surface area contributed by atoms with Crippen molar-refractivity contribution in [1.82, 2.24) is 9.78 Å². The third-order valence-electron chi connectivity index (χ3n) is 3.95. The highest BCUT2D eigenvalue weighted by atomic mass is 35.5. The average Bonchev–Trinajstić information content (AvgIpc) is 3.03. The van der Waals surface area contributed by atoms with Crippen molar-refractivity contribution in [2.75, 3.05) is 20.3 Å². The van der Waals surface area contributed by atoms with Gasteiger partial charge in [0.05, 0.1) is 24.4 Å². The summed E-state index contributed by atoms with van der Waals surface area (Å²) in [4.78, 5) is 12.8. The Morgan fingerprint density at radius 2 is 2.26 bits per heavy atom. The Balaban J connectivity index is 2.29. The molecule has 0 atom stereocenters. The summed E-state index contributed by atoms with van der Waals surface area (Å²) in [5.74, 6) is 0.0334. The van der Waals surface area contributed by atoms with Crippen molar-refractivity contribution in [3.8, 4) is 0 Å². The highest BCUT2D eigenvalue weighted by Crippen LogP contribution is 2.41. The fourth-order valence-electron chi connectivity index (χ4n) is 2.76. The van der Waals surface area contributed by atoms with Crippen LogP contribution >= 0.6 is 11.6 Å². The maximum absolute atomic E-state index is 12.8. The Hall–Kier alpha value is -0.910. The molecule has 1 heterocycles. The molecule has 0 radical (unpaired) electrons. The summed E-state index contributed by atoms with van der Waals surface area (Å²) in [6.07, 6.45) is 5.30. The molecule has 0 spiro atoms. The van der Waals surface area contributed by atoms with Crippen LogP contribution in [-0.2, 0) is 11.3 Å². The number of ketones is 1. The third kappa shape index (κ3) is 2.68. The van der Waals surface area contributed by atoms with E-state index in [1.165, 1.54) is 6.20 Å². The number of methoxy groups -OCH3 is 1. The van der Waals surface area contributed by atoms with Crippen molar-refractivity contribution in [2.24, 2.45) is 11.1 Å². The molecule has 1 fully saturated rings. The zero-order chi connectivity index (χ0) is 13.9. The van der Waals surface area contributed by atoms with Crippen LogP contribution in [0.3, 0.4) is 0 Å². The van der Waals surface area contributed by atoms with E-state index >= 15 is 0 Å². The summed E-state index contributed by atoms with van der Waals surface area (Å²) in [6.45, 7) is 1.39. The molecule has 19 heavy (non-hydrogen) atoms. The van der Waals surface area contributed by atoms with Gasteiger partial charge in [-0.1, -0.05) is 24.4 Å². The second kappa shape index (κ2) is 6.03. The second-order valence-electron chi connectivity index (χ2n) is 5.08. The summed E-state index contributed by atoms with van der Waals surface area (Å²) >= 11 is 6.13. The van der Waals surface area contributed by atoms with Gasteiger partial charge in [0.2, 0.25) is 0 Å². The number of aromatic nitrogens is 2. The van der Waals surface area contributed by atoms with E-state index in [4.69, 9.17) is 22.1 Å². The zero-order valence-corrected chi connectivity index (χ0v) is 11.9. The Morgan fingerprint density at radius 3 is 2.84 bits per heavy atom. The number of halogens is 1. The molecular formula is C13H20ClN3O2. The molecule has 1 aromatic heterocycles. The van der Waals surface area contributed by atoms with E-state index in [9.17, 15) is 4.79 Å². The van der Waals surface area contributed by atoms with Crippen LogP contribution in [0.15, 0.2) is 6.20 Å². The van der Waals surface area contributed by atoms with E-state index < -0.39 is 5.41 Å². The standard InChI is InChI=1S/C13H20ClN3O2/c1-19-7-6-17-11(10(14)8-16-17)12(18)13(9-15)4-2-3-5-13/h8H,2-7,9,15H2,1H3. The van der Waals surface area contributed by atoms with E-state index in [-0.39, 0.29) is 5.78 Å². The number of carbonyl (C=O) groups is 1. The van der Waals surface area contributed by atoms with Gasteiger partial charge < -0.3 is 10.5 Å². The molecule has 0 saturated heterocycles. The van der Waals surface area contributed by atoms with Gasteiger partial charge in [-0.2, -0.15) is 5.10 Å². The van der Waals surface area contributed by atoms with Gasteiger partial charge in [0.1, 0.15) is 5.69 Å². The highest BCUT2D eigenvalue weighted by molar-refractivity contribution is 6.33. The van der Waals surface area contributed by atoms with E-state index in [1.807, 2.05) is 0 Å². The highest BCUT2D eigenvalue weighted by Gasteiger charge is 2.42. The number of rotatable bonds is 6. The number of carbonyl (C=O) groups excluding carboxylic acids is 1. The minimum Gasteiger partial charge on any atom is -0.383 e. The molecule has 1 aromatic rings. The Bertz CT molecular complexity index is 453. The monoisotopic (exact) mass is 285 g/mol.